The van der Waals surface area contributed by atoms with Gasteiger partial charge in [-0.1, -0.05) is 13.8 Å². The molecule has 2 rings (SSSR count). The van der Waals surface area contributed by atoms with Crippen LogP contribution in [0.5, 0.6) is 0 Å². The van der Waals surface area contributed by atoms with Crippen LogP contribution in [0.3, 0.4) is 0 Å². The number of hydrogen-bond donors (Lipinski definition) is 2. The molecule has 7 heteroatoms. The third kappa shape index (κ3) is 4.50. The molecule has 7 nitrogen and oxygen atoms in total. The molecule has 1 aliphatic rings. The SMILES string of the molecule is CC(C)Cc1cc(C(=O)N2CCCC2)nnc1C(=O)NC(C)CO. The van der Waals surface area contributed by atoms with Crippen molar-refractivity contribution < 1.29 is 14.7 Å². The van der Waals surface area contributed by atoms with E-state index in [0.717, 1.165) is 25.9 Å². The van der Waals surface area contributed by atoms with Crippen molar-refractivity contribution in [2.24, 2.45) is 5.92 Å². The maximum atomic E-state index is 12.5. The van der Waals surface area contributed by atoms with E-state index in [-0.39, 0.29) is 30.2 Å². The Balaban J connectivity index is 2.27. The number of aromatic nitrogens is 2. The molecule has 0 bridgehead atoms. The number of rotatable bonds is 6. The molecule has 1 aromatic heterocycles. The average Bonchev–Trinajstić information content (AvgIpc) is 3.07. The van der Waals surface area contributed by atoms with E-state index in [1.807, 2.05) is 13.8 Å². The molecule has 1 saturated heterocycles. The minimum Gasteiger partial charge on any atom is -0.394 e. The number of hydrogen-bond acceptors (Lipinski definition) is 5. The van der Waals surface area contributed by atoms with Crippen LogP contribution in [-0.4, -0.2) is 57.8 Å². The molecule has 0 spiro atoms. The zero-order chi connectivity index (χ0) is 17.7. The highest BCUT2D eigenvalue weighted by Crippen LogP contribution is 2.16. The first kappa shape index (κ1) is 18.3. The molecular weight excluding hydrogens is 308 g/mol. The van der Waals surface area contributed by atoms with Crippen molar-refractivity contribution in [2.45, 2.75) is 46.1 Å². The molecule has 1 atom stereocenters. The summed E-state index contributed by atoms with van der Waals surface area (Å²) in [4.78, 5) is 26.6. The van der Waals surface area contributed by atoms with E-state index in [1.165, 1.54) is 0 Å². The lowest BCUT2D eigenvalue weighted by Crippen LogP contribution is -2.36. The molecule has 0 aromatic carbocycles. The summed E-state index contributed by atoms with van der Waals surface area (Å²) in [5.74, 6) is -0.189. The molecule has 1 fully saturated rings. The van der Waals surface area contributed by atoms with Crippen LogP contribution >= 0.6 is 0 Å². The number of carbonyl (C=O) groups is 2. The Morgan fingerprint density at radius 2 is 1.92 bits per heavy atom. The van der Waals surface area contributed by atoms with Crippen molar-refractivity contribution in [3.63, 3.8) is 0 Å². The van der Waals surface area contributed by atoms with Crippen molar-refractivity contribution in [3.8, 4) is 0 Å². The van der Waals surface area contributed by atoms with Crippen LogP contribution in [0.1, 0.15) is 60.2 Å². The molecule has 132 valence electrons. The van der Waals surface area contributed by atoms with Gasteiger partial charge in [0.2, 0.25) is 0 Å². The van der Waals surface area contributed by atoms with Crippen molar-refractivity contribution in [1.29, 1.82) is 0 Å². The number of nitrogens with one attached hydrogen (secondary N) is 1. The van der Waals surface area contributed by atoms with Crippen LogP contribution < -0.4 is 5.32 Å². The Labute approximate surface area is 142 Å². The van der Waals surface area contributed by atoms with Crippen LogP contribution in [0, 0.1) is 5.92 Å². The number of aliphatic hydroxyl groups excluding tert-OH is 1. The van der Waals surface area contributed by atoms with Gasteiger partial charge in [0.05, 0.1) is 6.61 Å². The predicted molar refractivity (Wildman–Crippen MR) is 89.7 cm³/mol. The van der Waals surface area contributed by atoms with E-state index in [9.17, 15) is 9.59 Å². The quantitative estimate of drug-likeness (QED) is 0.810. The molecule has 1 aliphatic heterocycles. The van der Waals surface area contributed by atoms with E-state index < -0.39 is 0 Å². The Morgan fingerprint density at radius 3 is 2.50 bits per heavy atom. The van der Waals surface area contributed by atoms with E-state index in [1.54, 1.807) is 17.9 Å². The zero-order valence-electron chi connectivity index (χ0n) is 14.6. The Bertz CT molecular complexity index is 597. The minimum absolute atomic E-state index is 0.124. The van der Waals surface area contributed by atoms with Gasteiger partial charge < -0.3 is 15.3 Å². The summed E-state index contributed by atoms with van der Waals surface area (Å²) < 4.78 is 0. The lowest BCUT2D eigenvalue weighted by molar-refractivity contribution is 0.0783. The largest absolute Gasteiger partial charge is 0.394 e. The van der Waals surface area contributed by atoms with E-state index in [0.29, 0.717) is 23.6 Å². The summed E-state index contributed by atoms with van der Waals surface area (Å²) in [5, 5.41) is 19.8. The van der Waals surface area contributed by atoms with Crippen LogP contribution in [0.2, 0.25) is 0 Å². The molecule has 1 aromatic rings. The fourth-order valence-electron chi connectivity index (χ4n) is 2.74. The maximum absolute atomic E-state index is 12.5. The van der Waals surface area contributed by atoms with Crippen LogP contribution in [0.25, 0.3) is 0 Å². The standard InChI is InChI=1S/C17H26N4O3/c1-11(2)8-13-9-14(17(24)21-6-4-5-7-21)19-20-15(13)16(23)18-12(3)10-22/h9,11-12,22H,4-8,10H2,1-3H3,(H,18,23). The summed E-state index contributed by atoms with van der Waals surface area (Å²) in [5.41, 5.74) is 1.23. The second-order valence-electron chi connectivity index (χ2n) is 6.76. The Kier molecular flexibility index (Phi) is 6.25. The maximum Gasteiger partial charge on any atom is 0.274 e. The molecule has 2 amide bonds. The average molecular weight is 334 g/mol. The first-order valence-electron chi connectivity index (χ1n) is 8.50. The smallest absolute Gasteiger partial charge is 0.274 e. The fourth-order valence-corrected chi connectivity index (χ4v) is 2.74. The first-order valence-corrected chi connectivity index (χ1v) is 8.50. The van der Waals surface area contributed by atoms with Gasteiger partial charge in [0, 0.05) is 19.1 Å². The lowest BCUT2D eigenvalue weighted by atomic mass is 10.0. The molecular formula is C17H26N4O3. The summed E-state index contributed by atoms with van der Waals surface area (Å²) in [7, 11) is 0. The van der Waals surface area contributed by atoms with Gasteiger partial charge in [-0.05, 0) is 43.7 Å². The molecule has 2 N–H and O–H groups in total. The van der Waals surface area contributed by atoms with E-state index in [2.05, 4.69) is 15.5 Å². The molecule has 0 saturated carbocycles. The third-order valence-corrected chi connectivity index (χ3v) is 3.98. The lowest BCUT2D eigenvalue weighted by Gasteiger charge is -2.17. The van der Waals surface area contributed by atoms with Crippen LogP contribution in [0.15, 0.2) is 6.07 Å². The monoisotopic (exact) mass is 334 g/mol. The number of carbonyl (C=O) groups excluding carboxylic acids is 2. The second-order valence-corrected chi connectivity index (χ2v) is 6.76. The molecule has 1 unspecified atom stereocenters. The van der Waals surface area contributed by atoms with Gasteiger partial charge >= 0.3 is 0 Å². The van der Waals surface area contributed by atoms with Crippen LogP contribution in [0.4, 0.5) is 0 Å². The first-order chi connectivity index (χ1) is 11.4. The normalized spacial score (nSPS) is 15.6. The molecule has 0 aliphatic carbocycles. The molecule has 24 heavy (non-hydrogen) atoms. The van der Waals surface area contributed by atoms with Crippen molar-refractivity contribution in [2.75, 3.05) is 19.7 Å². The zero-order valence-corrected chi connectivity index (χ0v) is 14.6. The third-order valence-electron chi connectivity index (χ3n) is 3.98. The van der Waals surface area contributed by atoms with Gasteiger partial charge in [-0.2, -0.15) is 0 Å². The summed E-state index contributed by atoms with van der Waals surface area (Å²) >= 11 is 0. The highest BCUT2D eigenvalue weighted by molar-refractivity contribution is 5.96. The number of nitrogens with zero attached hydrogens (tertiary/aromatic N) is 3. The van der Waals surface area contributed by atoms with Gasteiger partial charge in [0.15, 0.2) is 11.4 Å². The summed E-state index contributed by atoms with van der Waals surface area (Å²) in [6, 6.07) is 1.32. The highest BCUT2D eigenvalue weighted by Gasteiger charge is 2.24. The van der Waals surface area contributed by atoms with Crippen molar-refractivity contribution >= 4 is 11.8 Å². The van der Waals surface area contributed by atoms with Crippen molar-refractivity contribution in [1.82, 2.24) is 20.4 Å². The fraction of sp³-hybridized carbons (Fsp3) is 0.647. The van der Waals surface area contributed by atoms with Gasteiger partial charge in [0.1, 0.15) is 0 Å². The minimum atomic E-state index is -0.375. The Hall–Kier alpha value is -2.02. The van der Waals surface area contributed by atoms with Crippen LogP contribution in [-0.2, 0) is 6.42 Å². The number of likely N-dealkylation sites (tertiary alicyclic amines) is 1. The van der Waals surface area contributed by atoms with Gasteiger partial charge in [0.25, 0.3) is 11.8 Å². The Morgan fingerprint density at radius 1 is 1.25 bits per heavy atom. The van der Waals surface area contributed by atoms with Gasteiger partial charge in [-0.25, -0.2) is 0 Å². The van der Waals surface area contributed by atoms with E-state index >= 15 is 0 Å². The molecule has 0 radical (unpaired) electrons. The van der Waals surface area contributed by atoms with Gasteiger partial charge in [-0.3, -0.25) is 9.59 Å². The topological polar surface area (TPSA) is 95.4 Å². The summed E-state index contributed by atoms with van der Waals surface area (Å²) in [6.07, 6.45) is 2.65. The summed E-state index contributed by atoms with van der Waals surface area (Å²) in [6.45, 7) is 7.14. The predicted octanol–water partition coefficient (Wildman–Crippen LogP) is 1.02. The van der Waals surface area contributed by atoms with Gasteiger partial charge in [-0.15, -0.1) is 10.2 Å². The molecule has 2 heterocycles. The van der Waals surface area contributed by atoms with E-state index in [4.69, 9.17) is 5.11 Å². The highest BCUT2D eigenvalue weighted by atomic mass is 16.3. The number of amides is 2. The van der Waals surface area contributed by atoms with Crippen molar-refractivity contribution in [3.05, 3.63) is 23.0 Å². The number of aliphatic hydroxyl groups is 1. The second kappa shape index (κ2) is 8.19.